The second-order valence-electron chi connectivity index (χ2n) is 13.0. The van der Waals surface area contributed by atoms with E-state index in [1.54, 1.807) is 18.2 Å². The molecule has 1 heterocycles. The van der Waals surface area contributed by atoms with Crippen LogP contribution in [0.4, 0.5) is 5.69 Å². The van der Waals surface area contributed by atoms with Gasteiger partial charge in [0.25, 0.3) is 0 Å². The van der Waals surface area contributed by atoms with E-state index in [0.29, 0.717) is 35.8 Å². The van der Waals surface area contributed by atoms with Crippen LogP contribution in [-0.4, -0.2) is 30.8 Å². The number of ketones is 1. The predicted octanol–water partition coefficient (Wildman–Crippen LogP) is 7.76. The van der Waals surface area contributed by atoms with Gasteiger partial charge in [-0.25, -0.2) is 4.90 Å². The standard InChI is InChI=1S/C43H33NO5/c1-3-48-32-24-15-25-33(49-4-2)38(32)44-39(45)36-37(40(44)46)43(27-18-9-6-10-19-27)35-31-23-14-12-21-29(31)28-20-11-13-22-30(28)34(35)42(36,41(43)47)26-16-7-5-8-17-26/h5-25,36-37H,3-4H2,1-2H3/t36-,37+,42+,43-. The summed E-state index contributed by atoms with van der Waals surface area (Å²) >= 11 is 0. The normalized spacial score (nSPS) is 23.7. The Hall–Kier alpha value is -5.75. The van der Waals surface area contributed by atoms with Crippen molar-refractivity contribution in [2.45, 2.75) is 24.7 Å². The molecule has 1 saturated heterocycles. The second kappa shape index (κ2) is 10.6. The highest BCUT2D eigenvalue weighted by molar-refractivity contribution is 6.34. The molecule has 1 saturated carbocycles. The fraction of sp³-hybridized carbons (Fsp3) is 0.186. The lowest BCUT2D eigenvalue weighted by Gasteiger charge is -2.38. The summed E-state index contributed by atoms with van der Waals surface area (Å²) < 4.78 is 12.1. The molecule has 0 spiro atoms. The van der Waals surface area contributed by atoms with Crippen molar-refractivity contribution in [3.8, 4) is 11.5 Å². The van der Waals surface area contributed by atoms with Crippen molar-refractivity contribution in [1.29, 1.82) is 0 Å². The number of amides is 2. The maximum Gasteiger partial charge on any atom is 0.239 e. The van der Waals surface area contributed by atoms with E-state index in [9.17, 15) is 0 Å². The molecule has 2 fully saturated rings. The van der Waals surface area contributed by atoms with Gasteiger partial charge in [-0.15, -0.1) is 0 Å². The van der Waals surface area contributed by atoms with E-state index < -0.39 is 34.5 Å². The van der Waals surface area contributed by atoms with E-state index in [2.05, 4.69) is 24.3 Å². The molecule has 0 aromatic heterocycles. The highest BCUT2D eigenvalue weighted by Gasteiger charge is 2.82. The van der Waals surface area contributed by atoms with Crippen molar-refractivity contribution >= 4 is 44.8 Å². The quantitative estimate of drug-likeness (QED) is 0.131. The fourth-order valence-corrected chi connectivity index (χ4v) is 9.43. The third-order valence-electron chi connectivity index (χ3n) is 10.9. The number of carbonyl (C=O) groups excluding carboxylic acids is 3. The average molecular weight is 644 g/mol. The summed E-state index contributed by atoms with van der Waals surface area (Å²) in [6, 6.07) is 40.8. The molecule has 9 rings (SSSR count). The van der Waals surface area contributed by atoms with Gasteiger partial charge in [0.1, 0.15) is 17.2 Å². The third kappa shape index (κ3) is 3.48. The van der Waals surface area contributed by atoms with Crippen LogP contribution >= 0.6 is 0 Å². The summed E-state index contributed by atoms with van der Waals surface area (Å²) in [7, 11) is 0. The molecule has 2 amide bonds. The van der Waals surface area contributed by atoms with Crippen LogP contribution in [0.3, 0.4) is 0 Å². The number of Topliss-reactive ketones (excluding diaryl/α,β-unsaturated/α-hetero) is 1. The number of para-hydroxylation sites is 1. The first-order valence-corrected chi connectivity index (χ1v) is 16.9. The number of hydrogen-bond donors (Lipinski definition) is 0. The Morgan fingerprint density at radius 1 is 0.510 bits per heavy atom. The number of rotatable bonds is 7. The number of hydrogen-bond acceptors (Lipinski definition) is 5. The Balaban J connectivity index is 1.47. The van der Waals surface area contributed by atoms with Crippen LogP contribution in [0, 0.1) is 11.8 Å². The SMILES string of the molecule is CCOc1cccc(OCC)c1N1C(=O)[C@@H]2[C@H](C1=O)[C@@]1(c3ccccc3)C(=O)[C@]2(c2ccccc2)c2c1c1ccccc1c1ccccc21. The van der Waals surface area contributed by atoms with Gasteiger partial charge in [0.15, 0.2) is 5.78 Å². The fourth-order valence-electron chi connectivity index (χ4n) is 9.43. The van der Waals surface area contributed by atoms with Crippen LogP contribution in [0.5, 0.6) is 11.5 Å². The summed E-state index contributed by atoms with van der Waals surface area (Å²) in [6.07, 6.45) is 0. The van der Waals surface area contributed by atoms with E-state index in [1.807, 2.05) is 98.8 Å². The minimum Gasteiger partial charge on any atom is -0.492 e. The summed E-state index contributed by atoms with van der Waals surface area (Å²) in [4.78, 5) is 48.2. The molecule has 240 valence electrons. The van der Waals surface area contributed by atoms with Gasteiger partial charge >= 0.3 is 0 Å². The molecule has 1 aliphatic heterocycles. The highest BCUT2D eigenvalue weighted by Crippen LogP contribution is 2.73. The number of ether oxygens (including phenoxy) is 2. The zero-order chi connectivity index (χ0) is 33.5. The molecule has 2 aliphatic carbocycles. The van der Waals surface area contributed by atoms with Crippen molar-refractivity contribution < 1.29 is 23.9 Å². The first-order chi connectivity index (χ1) is 24.0. The maximum atomic E-state index is 16.1. The monoisotopic (exact) mass is 643 g/mol. The number of anilines is 1. The van der Waals surface area contributed by atoms with Gasteiger partial charge in [-0.05, 0) is 69.8 Å². The summed E-state index contributed by atoms with van der Waals surface area (Å²) in [5.41, 5.74) is 0.427. The molecule has 2 bridgehead atoms. The van der Waals surface area contributed by atoms with E-state index in [-0.39, 0.29) is 11.5 Å². The Kier molecular flexibility index (Phi) is 6.37. The third-order valence-corrected chi connectivity index (χ3v) is 10.9. The first-order valence-electron chi connectivity index (χ1n) is 16.9. The van der Waals surface area contributed by atoms with Gasteiger partial charge in [-0.1, -0.05) is 115 Å². The maximum absolute atomic E-state index is 16.1. The van der Waals surface area contributed by atoms with Gasteiger partial charge in [-0.2, -0.15) is 0 Å². The van der Waals surface area contributed by atoms with Crippen molar-refractivity contribution in [2.24, 2.45) is 11.8 Å². The van der Waals surface area contributed by atoms with Crippen molar-refractivity contribution in [3.05, 3.63) is 150 Å². The van der Waals surface area contributed by atoms with Crippen LogP contribution in [0.1, 0.15) is 36.1 Å². The first kappa shape index (κ1) is 29.4. The number of benzene rings is 6. The number of carbonyl (C=O) groups is 3. The highest BCUT2D eigenvalue weighted by atomic mass is 16.5. The van der Waals surface area contributed by atoms with Crippen LogP contribution in [-0.2, 0) is 25.2 Å². The Morgan fingerprint density at radius 2 is 0.898 bits per heavy atom. The summed E-state index contributed by atoms with van der Waals surface area (Å²) in [5.74, 6) is -2.27. The van der Waals surface area contributed by atoms with Crippen LogP contribution in [0.2, 0.25) is 0 Å². The van der Waals surface area contributed by atoms with E-state index in [1.165, 1.54) is 4.90 Å². The molecule has 0 unspecified atom stereocenters. The summed E-state index contributed by atoms with van der Waals surface area (Å²) in [5, 5.41) is 3.82. The largest absolute Gasteiger partial charge is 0.492 e. The van der Waals surface area contributed by atoms with Crippen LogP contribution in [0.25, 0.3) is 21.5 Å². The van der Waals surface area contributed by atoms with Crippen LogP contribution < -0.4 is 14.4 Å². The van der Waals surface area contributed by atoms with E-state index >= 15 is 14.4 Å². The average Bonchev–Trinajstić information content (AvgIpc) is 3.65. The molecule has 6 aromatic carbocycles. The molecule has 49 heavy (non-hydrogen) atoms. The van der Waals surface area contributed by atoms with E-state index in [0.717, 1.165) is 32.7 Å². The topological polar surface area (TPSA) is 72.9 Å². The van der Waals surface area contributed by atoms with Crippen LogP contribution in [0.15, 0.2) is 127 Å². The van der Waals surface area contributed by atoms with Crippen molar-refractivity contribution in [2.75, 3.05) is 18.1 Å². The molecule has 0 radical (unpaired) electrons. The lowest BCUT2D eigenvalue weighted by molar-refractivity contribution is -0.130. The van der Waals surface area contributed by atoms with Gasteiger partial charge in [0.05, 0.1) is 35.9 Å². The summed E-state index contributed by atoms with van der Waals surface area (Å²) in [6.45, 7) is 4.38. The Morgan fingerprint density at radius 3 is 1.31 bits per heavy atom. The lowest BCUT2D eigenvalue weighted by atomic mass is 9.59. The van der Waals surface area contributed by atoms with E-state index in [4.69, 9.17) is 9.47 Å². The zero-order valence-corrected chi connectivity index (χ0v) is 27.2. The smallest absolute Gasteiger partial charge is 0.239 e. The van der Waals surface area contributed by atoms with Gasteiger partial charge in [-0.3, -0.25) is 14.4 Å². The predicted molar refractivity (Wildman–Crippen MR) is 189 cm³/mol. The van der Waals surface area contributed by atoms with Gasteiger partial charge in [0, 0.05) is 0 Å². The van der Waals surface area contributed by atoms with Crippen molar-refractivity contribution in [1.82, 2.24) is 0 Å². The molecule has 6 aromatic rings. The molecule has 0 N–H and O–H groups in total. The minimum absolute atomic E-state index is 0.131. The molecule has 6 nitrogen and oxygen atoms in total. The van der Waals surface area contributed by atoms with Gasteiger partial charge in [0.2, 0.25) is 11.8 Å². The molecular formula is C43H33NO5. The Bertz CT molecular complexity index is 2190. The number of fused-ring (bicyclic) bond motifs is 13. The second-order valence-corrected chi connectivity index (χ2v) is 13.0. The zero-order valence-electron chi connectivity index (χ0n) is 27.2. The minimum atomic E-state index is -1.45. The van der Waals surface area contributed by atoms with Crippen molar-refractivity contribution in [3.63, 3.8) is 0 Å². The number of nitrogens with zero attached hydrogens (tertiary/aromatic N) is 1. The Labute approximate surface area is 283 Å². The molecule has 6 heteroatoms. The number of imide groups is 1. The lowest BCUT2D eigenvalue weighted by Crippen LogP contribution is -2.45. The molecular weight excluding hydrogens is 610 g/mol. The molecule has 3 aliphatic rings. The molecule has 4 atom stereocenters. The van der Waals surface area contributed by atoms with Gasteiger partial charge < -0.3 is 9.47 Å².